The number of carboxylic acid groups (broad SMARTS) is 1. The van der Waals surface area contributed by atoms with E-state index in [9.17, 15) is 4.79 Å². The Balaban J connectivity index is 1.94. The summed E-state index contributed by atoms with van der Waals surface area (Å²) in [6, 6.07) is 5.42. The summed E-state index contributed by atoms with van der Waals surface area (Å²) in [5.74, 6) is 0.858. The van der Waals surface area contributed by atoms with E-state index in [-0.39, 0.29) is 12.0 Å². The molecule has 3 N–H and O–H groups in total. The second-order valence-corrected chi connectivity index (χ2v) is 6.08. The van der Waals surface area contributed by atoms with E-state index in [4.69, 9.17) is 9.84 Å². The molecule has 1 unspecified atom stereocenters. The molecule has 0 bridgehead atoms. The van der Waals surface area contributed by atoms with Crippen LogP contribution in [0, 0.1) is 5.92 Å². The van der Waals surface area contributed by atoms with Gasteiger partial charge in [-0.05, 0) is 37.0 Å². The third-order valence-electron chi connectivity index (χ3n) is 3.77. The van der Waals surface area contributed by atoms with Crippen molar-refractivity contribution in [2.45, 2.75) is 18.9 Å². The summed E-state index contributed by atoms with van der Waals surface area (Å²) < 4.78 is 6.31. The van der Waals surface area contributed by atoms with Crippen LogP contribution in [0.2, 0.25) is 0 Å². The number of halogens is 1. The number of benzene rings is 1. The lowest BCUT2D eigenvalue weighted by molar-refractivity contribution is 0.0524. The summed E-state index contributed by atoms with van der Waals surface area (Å²) in [4.78, 5) is 18.9. The van der Waals surface area contributed by atoms with Crippen LogP contribution < -0.4 is 5.32 Å². The highest BCUT2D eigenvalue weighted by molar-refractivity contribution is 9.10. The minimum Gasteiger partial charge on any atom is -0.465 e. The molecule has 0 saturated carbocycles. The molecule has 1 aliphatic rings. The van der Waals surface area contributed by atoms with Gasteiger partial charge in [-0.2, -0.15) is 0 Å². The number of rotatable bonds is 3. The van der Waals surface area contributed by atoms with Gasteiger partial charge >= 0.3 is 6.09 Å². The van der Waals surface area contributed by atoms with Crippen LogP contribution >= 0.6 is 15.9 Å². The van der Waals surface area contributed by atoms with E-state index in [1.54, 1.807) is 0 Å². The van der Waals surface area contributed by atoms with Gasteiger partial charge in [0.1, 0.15) is 5.82 Å². The minimum atomic E-state index is -1.03. The van der Waals surface area contributed by atoms with Gasteiger partial charge in [0.05, 0.1) is 17.1 Å². The molecular formula is C14H16BrN3O3. The fourth-order valence-corrected chi connectivity index (χ4v) is 3.10. The van der Waals surface area contributed by atoms with E-state index in [0.717, 1.165) is 28.3 Å². The summed E-state index contributed by atoms with van der Waals surface area (Å²) >= 11 is 3.42. The topological polar surface area (TPSA) is 87.2 Å². The number of aromatic nitrogens is 2. The third-order valence-corrected chi connectivity index (χ3v) is 4.27. The van der Waals surface area contributed by atoms with E-state index in [0.29, 0.717) is 19.0 Å². The van der Waals surface area contributed by atoms with Crippen molar-refractivity contribution in [3.63, 3.8) is 0 Å². The average Bonchev–Trinajstić information content (AvgIpc) is 2.88. The molecule has 3 rings (SSSR count). The van der Waals surface area contributed by atoms with E-state index < -0.39 is 6.09 Å². The van der Waals surface area contributed by atoms with Gasteiger partial charge in [-0.25, -0.2) is 9.78 Å². The Kier molecular flexibility index (Phi) is 4.12. The molecule has 1 aromatic carbocycles. The number of aromatic amines is 1. The van der Waals surface area contributed by atoms with Crippen molar-refractivity contribution in [2.75, 3.05) is 13.2 Å². The van der Waals surface area contributed by atoms with Crippen LogP contribution in [0.15, 0.2) is 22.7 Å². The molecule has 0 spiro atoms. The SMILES string of the molecule is O=C(O)NC(c1nc2ccc(Br)cc2[nH]1)C1CCOCC1. The molecule has 2 heterocycles. The fourth-order valence-electron chi connectivity index (χ4n) is 2.74. The maximum Gasteiger partial charge on any atom is 0.405 e. The number of nitrogens with zero attached hydrogens (tertiary/aromatic N) is 1. The number of carbonyl (C=O) groups is 1. The smallest absolute Gasteiger partial charge is 0.405 e. The summed E-state index contributed by atoms with van der Waals surface area (Å²) in [6.07, 6.45) is 0.616. The Morgan fingerprint density at radius 1 is 1.48 bits per heavy atom. The number of imidazole rings is 1. The van der Waals surface area contributed by atoms with Crippen LogP contribution in [0.5, 0.6) is 0 Å². The van der Waals surface area contributed by atoms with Crippen molar-refractivity contribution >= 4 is 33.1 Å². The second kappa shape index (κ2) is 6.03. The molecule has 1 saturated heterocycles. The summed E-state index contributed by atoms with van der Waals surface area (Å²) in [7, 11) is 0. The zero-order chi connectivity index (χ0) is 14.8. The minimum absolute atomic E-state index is 0.193. The lowest BCUT2D eigenvalue weighted by Crippen LogP contribution is -2.35. The molecule has 1 aromatic heterocycles. The third kappa shape index (κ3) is 3.19. The molecule has 1 fully saturated rings. The van der Waals surface area contributed by atoms with Crippen LogP contribution in [0.3, 0.4) is 0 Å². The Hall–Kier alpha value is -1.60. The van der Waals surface area contributed by atoms with Crippen LogP contribution in [0.1, 0.15) is 24.7 Å². The Bertz CT molecular complexity index is 652. The highest BCUT2D eigenvalue weighted by Crippen LogP contribution is 2.30. The fraction of sp³-hybridized carbons (Fsp3) is 0.429. The molecule has 6 nitrogen and oxygen atoms in total. The Morgan fingerprint density at radius 2 is 2.24 bits per heavy atom. The number of hydrogen-bond donors (Lipinski definition) is 3. The standard InChI is InChI=1S/C14H16BrN3O3/c15-9-1-2-10-11(7-9)17-13(16-10)12(18-14(19)20)8-3-5-21-6-4-8/h1-2,7-8,12,18H,3-6H2,(H,16,17)(H,19,20). The average molecular weight is 354 g/mol. The molecule has 0 radical (unpaired) electrons. The van der Waals surface area contributed by atoms with Crippen molar-refractivity contribution < 1.29 is 14.6 Å². The van der Waals surface area contributed by atoms with Crippen molar-refractivity contribution in [1.82, 2.24) is 15.3 Å². The second-order valence-electron chi connectivity index (χ2n) is 5.16. The Morgan fingerprint density at radius 3 is 2.95 bits per heavy atom. The number of amides is 1. The van der Waals surface area contributed by atoms with Gasteiger partial charge in [0.25, 0.3) is 0 Å². The van der Waals surface area contributed by atoms with E-state index >= 15 is 0 Å². The number of ether oxygens (including phenoxy) is 1. The van der Waals surface area contributed by atoms with Crippen LogP contribution in [0.25, 0.3) is 11.0 Å². The zero-order valence-electron chi connectivity index (χ0n) is 11.3. The largest absolute Gasteiger partial charge is 0.465 e. The van der Waals surface area contributed by atoms with Gasteiger partial charge in [0, 0.05) is 17.7 Å². The van der Waals surface area contributed by atoms with E-state index in [2.05, 4.69) is 31.2 Å². The van der Waals surface area contributed by atoms with Gasteiger partial charge < -0.3 is 20.1 Å². The Labute approximate surface area is 130 Å². The van der Waals surface area contributed by atoms with E-state index in [1.165, 1.54) is 0 Å². The first kappa shape index (κ1) is 14.3. The predicted molar refractivity (Wildman–Crippen MR) is 81.2 cm³/mol. The van der Waals surface area contributed by atoms with Gasteiger partial charge in [-0.1, -0.05) is 15.9 Å². The first-order chi connectivity index (χ1) is 10.1. The maximum absolute atomic E-state index is 11.1. The van der Waals surface area contributed by atoms with Gasteiger partial charge in [-0.15, -0.1) is 0 Å². The summed E-state index contributed by atoms with van der Waals surface area (Å²) in [6.45, 7) is 1.32. The monoisotopic (exact) mass is 353 g/mol. The molecule has 7 heteroatoms. The molecule has 1 atom stereocenters. The van der Waals surface area contributed by atoms with Crippen molar-refractivity contribution in [3.8, 4) is 0 Å². The van der Waals surface area contributed by atoms with Gasteiger partial charge in [-0.3, -0.25) is 0 Å². The lowest BCUT2D eigenvalue weighted by Gasteiger charge is -2.28. The number of nitrogens with one attached hydrogen (secondary N) is 2. The highest BCUT2D eigenvalue weighted by Gasteiger charge is 2.29. The van der Waals surface area contributed by atoms with Crippen LogP contribution in [-0.4, -0.2) is 34.4 Å². The molecule has 112 valence electrons. The van der Waals surface area contributed by atoms with Crippen LogP contribution in [-0.2, 0) is 4.74 Å². The summed E-state index contributed by atoms with van der Waals surface area (Å²) in [5.41, 5.74) is 1.72. The van der Waals surface area contributed by atoms with E-state index in [1.807, 2.05) is 18.2 Å². The zero-order valence-corrected chi connectivity index (χ0v) is 12.9. The van der Waals surface area contributed by atoms with Crippen molar-refractivity contribution in [3.05, 3.63) is 28.5 Å². The summed E-state index contributed by atoms with van der Waals surface area (Å²) in [5, 5.41) is 11.7. The molecular weight excluding hydrogens is 338 g/mol. The maximum atomic E-state index is 11.1. The number of fused-ring (bicyclic) bond motifs is 1. The molecule has 1 amide bonds. The van der Waals surface area contributed by atoms with Crippen LogP contribution in [0.4, 0.5) is 4.79 Å². The molecule has 0 aliphatic carbocycles. The lowest BCUT2D eigenvalue weighted by atomic mass is 9.91. The first-order valence-corrected chi connectivity index (χ1v) is 7.65. The number of H-pyrrole nitrogens is 1. The van der Waals surface area contributed by atoms with Crippen molar-refractivity contribution in [1.29, 1.82) is 0 Å². The van der Waals surface area contributed by atoms with Gasteiger partial charge in [0.15, 0.2) is 0 Å². The molecule has 21 heavy (non-hydrogen) atoms. The number of hydrogen-bond acceptors (Lipinski definition) is 3. The molecule has 2 aromatic rings. The highest BCUT2D eigenvalue weighted by atomic mass is 79.9. The quantitative estimate of drug-likeness (QED) is 0.791. The predicted octanol–water partition coefficient (Wildman–Crippen LogP) is 3.06. The first-order valence-electron chi connectivity index (χ1n) is 6.86. The molecule has 1 aliphatic heterocycles. The van der Waals surface area contributed by atoms with Crippen molar-refractivity contribution in [2.24, 2.45) is 5.92 Å². The normalized spacial score (nSPS) is 17.8. The van der Waals surface area contributed by atoms with Gasteiger partial charge in [0.2, 0.25) is 0 Å².